The molecule has 1 unspecified atom stereocenters. The molecule has 0 saturated carbocycles. The van der Waals surface area contributed by atoms with Crippen molar-refractivity contribution in [2.75, 3.05) is 6.54 Å². The molecule has 0 N–H and O–H groups in total. The van der Waals surface area contributed by atoms with Gasteiger partial charge in [0.05, 0.1) is 33.2 Å². The van der Waals surface area contributed by atoms with Crippen LogP contribution >= 0.6 is 23.2 Å². The van der Waals surface area contributed by atoms with E-state index in [1.54, 1.807) is 58.0 Å². The van der Waals surface area contributed by atoms with Crippen LogP contribution in [0.4, 0.5) is 0 Å². The molecule has 39 heavy (non-hydrogen) atoms. The summed E-state index contributed by atoms with van der Waals surface area (Å²) in [4.78, 5) is 34.8. The molecule has 1 atom stereocenters. The summed E-state index contributed by atoms with van der Waals surface area (Å²) in [5.41, 5.74) is 2.45. The van der Waals surface area contributed by atoms with Crippen molar-refractivity contribution in [3.8, 4) is 5.69 Å². The Morgan fingerprint density at radius 1 is 0.897 bits per heavy atom. The van der Waals surface area contributed by atoms with E-state index >= 15 is 0 Å². The van der Waals surface area contributed by atoms with Crippen molar-refractivity contribution in [1.29, 1.82) is 0 Å². The van der Waals surface area contributed by atoms with Gasteiger partial charge < -0.3 is 4.90 Å². The van der Waals surface area contributed by atoms with Crippen molar-refractivity contribution in [3.05, 3.63) is 140 Å². The molecule has 1 amide bonds. The summed E-state index contributed by atoms with van der Waals surface area (Å²) in [6.07, 6.45) is 1.15. The van der Waals surface area contributed by atoms with E-state index < -0.39 is 6.04 Å². The largest absolute Gasteiger partial charge is 0.328 e. The topological polar surface area (TPSA) is 55.2 Å². The number of benzene rings is 4. The lowest BCUT2D eigenvalue weighted by atomic mass is 10.1. The molecule has 4 aromatic carbocycles. The second-order valence-electron chi connectivity index (χ2n) is 9.25. The van der Waals surface area contributed by atoms with Crippen molar-refractivity contribution in [1.82, 2.24) is 14.5 Å². The van der Waals surface area contributed by atoms with Crippen LogP contribution < -0.4 is 5.56 Å². The summed E-state index contributed by atoms with van der Waals surface area (Å²) in [6.45, 7) is 2.40. The van der Waals surface area contributed by atoms with Crippen molar-refractivity contribution in [2.24, 2.45) is 0 Å². The lowest BCUT2D eigenvalue weighted by molar-refractivity contribution is 0.0662. The molecule has 0 bridgehead atoms. The van der Waals surface area contributed by atoms with E-state index in [2.05, 4.69) is 0 Å². The first-order valence-electron chi connectivity index (χ1n) is 12.8. The highest BCUT2D eigenvalue weighted by Gasteiger charge is 2.30. The third-order valence-corrected chi connectivity index (χ3v) is 7.34. The lowest BCUT2D eigenvalue weighted by Gasteiger charge is -2.33. The maximum Gasteiger partial charge on any atom is 0.266 e. The first-order chi connectivity index (χ1) is 19.0. The number of nitrogens with zero attached hydrogens (tertiary/aromatic N) is 3. The van der Waals surface area contributed by atoms with Crippen LogP contribution in [0.15, 0.2) is 108 Å². The fourth-order valence-corrected chi connectivity index (χ4v) is 5.26. The van der Waals surface area contributed by atoms with E-state index in [9.17, 15) is 9.59 Å². The van der Waals surface area contributed by atoms with E-state index in [0.29, 0.717) is 57.4 Å². The predicted molar refractivity (Wildman–Crippen MR) is 158 cm³/mol. The lowest BCUT2D eigenvalue weighted by Crippen LogP contribution is -2.40. The Morgan fingerprint density at radius 2 is 1.62 bits per heavy atom. The summed E-state index contributed by atoms with van der Waals surface area (Å²) >= 11 is 12.8. The van der Waals surface area contributed by atoms with Gasteiger partial charge in [-0.3, -0.25) is 14.2 Å². The smallest absolute Gasteiger partial charge is 0.266 e. The van der Waals surface area contributed by atoms with Gasteiger partial charge in [-0.1, -0.05) is 90.8 Å². The Morgan fingerprint density at radius 3 is 2.36 bits per heavy atom. The third-order valence-electron chi connectivity index (χ3n) is 6.78. The zero-order valence-corrected chi connectivity index (χ0v) is 22.9. The molecule has 1 heterocycles. The standard InChI is InChI=1S/C32H27Cl2N3O2/c1-2-29(36(20-19-22-11-4-3-5-12-22)31(38)25-15-6-8-17-27(25)34)30-35-28-18-9-7-16-26(28)32(39)37(30)24-14-10-13-23(33)21-24/h3-18,21,29H,2,19-20H2,1H3. The van der Waals surface area contributed by atoms with Gasteiger partial charge in [-0.2, -0.15) is 0 Å². The van der Waals surface area contributed by atoms with Crippen molar-refractivity contribution >= 4 is 40.0 Å². The van der Waals surface area contributed by atoms with Gasteiger partial charge in [0.25, 0.3) is 11.5 Å². The maximum atomic E-state index is 14.1. The molecule has 0 aliphatic heterocycles. The van der Waals surface area contributed by atoms with Gasteiger partial charge >= 0.3 is 0 Å². The second kappa shape index (κ2) is 11.9. The fraction of sp³-hybridized carbons (Fsp3) is 0.156. The van der Waals surface area contributed by atoms with Gasteiger partial charge in [0.2, 0.25) is 0 Å². The Labute approximate surface area is 237 Å². The van der Waals surface area contributed by atoms with Gasteiger partial charge in [0, 0.05) is 11.6 Å². The monoisotopic (exact) mass is 555 g/mol. The number of hydrogen-bond donors (Lipinski definition) is 0. The first kappa shape index (κ1) is 26.7. The number of para-hydroxylation sites is 1. The summed E-state index contributed by atoms with van der Waals surface area (Å²) in [5.74, 6) is 0.250. The van der Waals surface area contributed by atoms with Crippen LogP contribution in [-0.4, -0.2) is 26.9 Å². The van der Waals surface area contributed by atoms with E-state index in [4.69, 9.17) is 28.2 Å². The highest BCUT2D eigenvalue weighted by Crippen LogP contribution is 2.30. The highest BCUT2D eigenvalue weighted by molar-refractivity contribution is 6.33. The molecule has 196 valence electrons. The third kappa shape index (κ3) is 5.60. The van der Waals surface area contributed by atoms with Gasteiger partial charge in [0.15, 0.2) is 0 Å². The summed E-state index contributed by atoms with van der Waals surface area (Å²) in [7, 11) is 0. The van der Waals surface area contributed by atoms with Gasteiger partial charge in [-0.25, -0.2) is 4.98 Å². The average molecular weight is 556 g/mol. The second-order valence-corrected chi connectivity index (χ2v) is 10.1. The zero-order chi connectivity index (χ0) is 27.4. The molecule has 0 aliphatic rings. The number of hydrogen-bond acceptors (Lipinski definition) is 3. The summed E-state index contributed by atoms with van der Waals surface area (Å²) in [5, 5.41) is 1.37. The first-order valence-corrected chi connectivity index (χ1v) is 13.6. The van der Waals surface area contributed by atoms with E-state index in [1.807, 2.05) is 61.5 Å². The van der Waals surface area contributed by atoms with Crippen molar-refractivity contribution < 1.29 is 4.79 Å². The fourth-order valence-electron chi connectivity index (χ4n) is 4.86. The number of carbonyl (C=O) groups is 1. The van der Waals surface area contributed by atoms with Crippen LogP contribution in [-0.2, 0) is 6.42 Å². The Hall–Kier alpha value is -3.93. The minimum atomic E-state index is -0.520. The van der Waals surface area contributed by atoms with E-state index in [0.717, 1.165) is 5.56 Å². The molecule has 0 fully saturated rings. The maximum absolute atomic E-state index is 14.1. The normalized spacial score (nSPS) is 11.9. The molecule has 5 rings (SSSR count). The van der Waals surface area contributed by atoms with Crippen molar-refractivity contribution in [3.63, 3.8) is 0 Å². The van der Waals surface area contributed by atoms with Crippen molar-refractivity contribution in [2.45, 2.75) is 25.8 Å². The number of fused-ring (bicyclic) bond motifs is 1. The van der Waals surface area contributed by atoms with Crippen LogP contribution in [0.5, 0.6) is 0 Å². The number of rotatable bonds is 8. The molecule has 5 aromatic rings. The van der Waals surface area contributed by atoms with Crippen LogP contribution in [0, 0.1) is 0 Å². The molecule has 0 aliphatic carbocycles. The molecule has 0 saturated heterocycles. The molecule has 5 nitrogen and oxygen atoms in total. The van der Waals surface area contributed by atoms with E-state index in [1.165, 1.54) is 0 Å². The highest BCUT2D eigenvalue weighted by atomic mass is 35.5. The predicted octanol–water partition coefficient (Wildman–Crippen LogP) is 7.53. The van der Waals surface area contributed by atoms with E-state index in [-0.39, 0.29) is 11.5 Å². The molecular formula is C32H27Cl2N3O2. The number of carbonyl (C=O) groups excluding carboxylic acids is 1. The van der Waals surface area contributed by atoms with Crippen LogP contribution in [0.3, 0.4) is 0 Å². The SMILES string of the molecule is CCC(c1nc2ccccc2c(=O)n1-c1cccc(Cl)c1)N(CCc1ccccc1)C(=O)c1ccccc1Cl. The number of aromatic nitrogens is 2. The van der Waals surface area contributed by atoms with Crippen LogP contribution in [0.2, 0.25) is 10.0 Å². The zero-order valence-electron chi connectivity index (χ0n) is 21.4. The van der Waals surface area contributed by atoms with Gasteiger partial charge in [0.1, 0.15) is 5.82 Å². The Kier molecular flexibility index (Phi) is 8.10. The molecule has 0 spiro atoms. The quantitative estimate of drug-likeness (QED) is 0.199. The molecule has 7 heteroatoms. The number of halogens is 2. The minimum Gasteiger partial charge on any atom is -0.328 e. The van der Waals surface area contributed by atoms with Gasteiger partial charge in [-0.05, 0) is 60.9 Å². The number of amides is 1. The van der Waals surface area contributed by atoms with Crippen LogP contribution in [0.1, 0.15) is 41.1 Å². The minimum absolute atomic E-state index is 0.218. The molecule has 1 aromatic heterocycles. The average Bonchev–Trinajstić information content (AvgIpc) is 2.96. The van der Waals surface area contributed by atoms with Crippen LogP contribution in [0.25, 0.3) is 16.6 Å². The Balaban J connectivity index is 1.70. The summed E-state index contributed by atoms with van der Waals surface area (Å²) in [6, 6.07) is 30.9. The summed E-state index contributed by atoms with van der Waals surface area (Å²) < 4.78 is 1.58. The van der Waals surface area contributed by atoms with Gasteiger partial charge in [-0.15, -0.1) is 0 Å². The molecular weight excluding hydrogens is 529 g/mol. The molecule has 0 radical (unpaired) electrons. The Bertz CT molecular complexity index is 1680.